The lowest BCUT2D eigenvalue weighted by Gasteiger charge is -2.12. The Bertz CT molecular complexity index is 500. The highest BCUT2D eigenvalue weighted by atomic mass is 32.2. The fourth-order valence-corrected chi connectivity index (χ4v) is 2.95. The SMILES string of the molecule is NNc1cccnc1S(=O)(=O)NCC1CCCO1. The molecule has 1 aromatic rings. The topological polar surface area (TPSA) is 106 Å². The van der Waals surface area contributed by atoms with Gasteiger partial charge in [0.2, 0.25) is 0 Å². The summed E-state index contributed by atoms with van der Waals surface area (Å²) >= 11 is 0. The quantitative estimate of drug-likeness (QED) is 0.507. The van der Waals surface area contributed by atoms with Crippen molar-refractivity contribution >= 4 is 15.7 Å². The predicted octanol–water partition coefficient (Wildman–Crippen LogP) is -0.175. The van der Waals surface area contributed by atoms with Gasteiger partial charge in [0.25, 0.3) is 10.0 Å². The molecule has 2 rings (SSSR count). The second-order valence-electron chi connectivity index (χ2n) is 3.99. The molecule has 0 saturated carbocycles. The van der Waals surface area contributed by atoms with Crippen molar-refractivity contribution < 1.29 is 13.2 Å². The lowest BCUT2D eigenvalue weighted by molar-refractivity contribution is 0.114. The first kappa shape index (κ1) is 13.2. The molecule has 1 atom stereocenters. The van der Waals surface area contributed by atoms with Gasteiger partial charge in [-0.1, -0.05) is 0 Å². The molecular formula is C10H16N4O3S. The Kier molecular flexibility index (Phi) is 4.12. The van der Waals surface area contributed by atoms with Crippen molar-refractivity contribution in [2.45, 2.75) is 24.0 Å². The Hall–Kier alpha value is -1.22. The summed E-state index contributed by atoms with van der Waals surface area (Å²) in [6.07, 6.45) is 3.18. The van der Waals surface area contributed by atoms with Crippen LogP contribution in [0, 0.1) is 0 Å². The molecule has 0 aromatic carbocycles. The fourth-order valence-electron chi connectivity index (χ4n) is 1.79. The van der Waals surface area contributed by atoms with Crippen LogP contribution in [0.25, 0.3) is 0 Å². The fraction of sp³-hybridized carbons (Fsp3) is 0.500. The molecule has 7 nitrogen and oxygen atoms in total. The number of nitrogens with two attached hydrogens (primary N) is 1. The maximum absolute atomic E-state index is 12.0. The molecule has 1 aliphatic heterocycles. The normalized spacial score (nSPS) is 19.9. The van der Waals surface area contributed by atoms with E-state index in [1.54, 1.807) is 12.1 Å². The zero-order chi connectivity index (χ0) is 13.0. The summed E-state index contributed by atoms with van der Waals surface area (Å²) in [5.41, 5.74) is 2.58. The van der Waals surface area contributed by atoms with Gasteiger partial charge < -0.3 is 10.2 Å². The third kappa shape index (κ3) is 2.96. The number of hydrazine groups is 1. The van der Waals surface area contributed by atoms with Gasteiger partial charge in [-0.05, 0) is 25.0 Å². The molecule has 1 fully saturated rings. The van der Waals surface area contributed by atoms with Gasteiger partial charge in [0.05, 0.1) is 11.8 Å². The number of hydrogen-bond donors (Lipinski definition) is 3. The number of hydrogen-bond acceptors (Lipinski definition) is 6. The monoisotopic (exact) mass is 272 g/mol. The van der Waals surface area contributed by atoms with Crippen LogP contribution >= 0.6 is 0 Å². The summed E-state index contributed by atoms with van der Waals surface area (Å²) in [5, 5.41) is -0.106. The summed E-state index contributed by atoms with van der Waals surface area (Å²) in [7, 11) is -3.67. The summed E-state index contributed by atoms with van der Waals surface area (Å²) in [5.74, 6) is 5.26. The Morgan fingerprint density at radius 2 is 2.39 bits per heavy atom. The van der Waals surface area contributed by atoms with Gasteiger partial charge in [-0.3, -0.25) is 5.84 Å². The first-order valence-electron chi connectivity index (χ1n) is 5.66. The van der Waals surface area contributed by atoms with Crippen molar-refractivity contribution in [1.29, 1.82) is 0 Å². The van der Waals surface area contributed by atoms with Crippen LogP contribution in [0.3, 0.4) is 0 Å². The van der Waals surface area contributed by atoms with Gasteiger partial charge in [0, 0.05) is 19.3 Å². The van der Waals surface area contributed by atoms with Crippen LogP contribution in [0.2, 0.25) is 0 Å². The van der Waals surface area contributed by atoms with E-state index in [1.807, 2.05) is 0 Å². The van der Waals surface area contributed by atoms with Crippen LogP contribution in [0.1, 0.15) is 12.8 Å². The van der Waals surface area contributed by atoms with Gasteiger partial charge in [-0.15, -0.1) is 0 Å². The first-order valence-corrected chi connectivity index (χ1v) is 7.14. The molecule has 100 valence electrons. The Labute approximate surface area is 106 Å². The number of nitrogens with zero attached hydrogens (tertiary/aromatic N) is 1. The Morgan fingerprint density at radius 1 is 1.56 bits per heavy atom. The maximum atomic E-state index is 12.0. The number of rotatable bonds is 5. The van der Waals surface area contributed by atoms with E-state index >= 15 is 0 Å². The smallest absolute Gasteiger partial charge is 0.260 e. The first-order chi connectivity index (χ1) is 8.63. The van der Waals surface area contributed by atoms with Gasteiger partial charge in [-0.25, -0.2) is 18.1 Å². The number of anilines is 1. The lowest BCUT2D eigenvalue weighted by Crippen LogP contribution is -2.33. The highest BCUT2D eigenvalue weighted by molar-refractivity contribution is 7.89. The number of nitrogens with one attached hydrogen (secondary N) is 2. The molecule has 18 heavy (non-hydrogen) atoms. The molecule has 4 N–H and O–H groups in total. The average molecular weight is 272 g/mol. The van der Waals surface area contributed by atoms with E-state index in [2.05, 4.69) is 15.1 Å². The highest BCUT2D eigenvalue weighted by Gasteiger charge is 2.23. The molecule has 1 unspecified atom stereocenters. The van der Waals surface area contributed by atoms with E-state index in [0.717, 1.165) is 12.8 Å². The van der Waals surface area contributed by atoms with Crippen LogP contribution in [0.4, 0.5) is 5.69 Å². The number of pyridine rings is 1. The molecule has 0 radical (unpaired) electrons. The van der Waals surface area contributed by atoms with E-state index in [9.17, 15) is 8.42 Å². The van der Waals surface area contributed by atoms with Gasteiger partial charge >= 0.3 is 0 Å². The van der Waals surface area contributed by atoms with E-state index < -0.39 is 10.0 Å². The van der Waals surface area contributed by atoms with Gasteiger partial charge in [0.15, 0.2) is 5.03 Å². The zero-order valence-electron chi connectivity index (χ0n) is 9.80. The Balaban J connectivity index is 2.09. The van der Waals surface area contributed by atoms with Crippen molar-refractivity contribution in [3.63, 3.8) is 0 Å². The molecule has 0 amide bonds. The van der Waals surface area contributed by atoms with Crippen LogP contribution in [0.5, 0.6) is 0 Å². The molecule has 1 saturated heterocycles. The number of ether oxygens (including phenoxy) is 1. The number of nitrogen functional groups attached to an aromatic ring is 1. The van der Waals surface area contributed by atoms with Crippen molar-refractivity contribution in [2.75, 3.05) is 18.6 Å². The van der Waals surface area contributed by atoms with E-state index in [-0.39, 0.29) is 23.4 Å². The van der Waals surface area contributed by atoms with Crippen LogP contribution in [0.15, 0.2) is 23.4 Å². The molecule has 8 heteroatoms. The maximum Gasteiger partial charge on any atom is 0.260 e. The third-order valence-electron chi connectivity index (χ3n) is 2.71. The molecule has 1 aliphatic rings. The molecular weight excluding hydrogens is 256 g/mol. The molecule has 0 bridgehead atoms. The van der Waals surface area contributed by atoms with Crippen molar-refractivity contribution in [3.8, 4) is 0 Å². The van der Waals surface area contributed by atoms with Gasteiger partial charge in [-0.2, -0.15) is 0 Å². The highest BCUT2D eigenvalue weighted by Crippen LogP contribution is 2.17. The standard InChI is InChI=1S/C10H16N4O3S/c11-14-9-4-1-5-12-10(9)18(15,16)13-7-8-3-2-6-17-8/h1,4-5,8,13-14H,2-3,6-7,11H2. The van der Waals surface area contributed by atoms with Crippen LogP contribution in [-0.4, -0.2) is 32.7 Å². The molecule has 2 heterocycles. The zero-order valence-corrected chi connectivity index (χ0v) is 10.6. The summed E-state index contributed by atoms with van der Waals surface area (Å²) < 4.78 is 31.9. The van der Waals surface area contributed by atoms with E-state index in [4.69, 9.17) is 10.6 Å². The number of sulfonamides is 1. The van der Waals surface area contributed by atoms with Crippen molar-refractivity contribution in [1.82, 2.24) is 9.71 Å². The van der Waals surface area contributed by atoms with Gasteiger partial charge in [0.1, 0.15) is 0 Å². The van der Waals surface area contributed by atoms with Crippen LogP contribution in [-0.2, 0) is 14.8 Å². The van der Waals surface area contributed by atoms with E-state index in [1.165, 1.54) is 6.20 Å². The molecule has 0 aliphatic carbocycles. The number of aromatic nitrogens is 1. The summed E-state index contributed by atoms with van der Waals surface area (Å²) in [4.78, 5) is 3.83. The molecule has 1 aromatic heterocycles. The van der Waals surface area contributed by atoms with Crippen LogP contribution < -0.4 is 16.0 Å². The van der Waals surface area contributed by atoms with Crippen molar-refractivity contribution in [3.05, 3.63) is 18.3 Å². The summed E-state index contributed by atoms with van der Waals surface area (Å²) in [6.45, 7) is 0.939. The second kappa shape index (κ2) is 5.61. The minimum absolute atomic E-state index is 0.0576. The predicted molar refractivity (Wildman–Crippen MR) is 66.2 cm³/mol. The minimum atomic E-state index is -3.67. The summed E-state index contributed by atoms with van der Waals surface area (Å²) in [6, 6.07) is 3.15. The molecule has 0 spiro atoms. The largest absolute Gasteiger partial charge is 0.377 e. The lowest BCUT2D eigenvalue weighted by atomic mass is 10.2. The minimum Gasteiger partial charge on any atom is -0.377 e. The second-order valence-corrected chi connectivity index (χ2v) is 5.67. The Morgan fingerprint density at radius 3 is 3.06 bits per heavy atom. The third-order valence-corrected chi connectivity index (χ3v) is 4.09. The average Bonchev–Trinajstić information content (AvgIpc) is 2.89. The van der Waals surface area contributed by atoms with Crippen molar-refractivity contribution in [2.24, 2.45) is 5.84 Å². The van der Waals surface area contributed by atoms with E-state index in [0.29, 0.717) is 6.61 Å².